The van der Waals surface area contributed by atoms with Crippen LogP contribution in [0.4, 0.5) is 5.69 Å². The molecule has 62 valence electrons. The molecule has 2 N–H and O–H groups in total. The number of carboxylic acids is 1. The van der Waals surface area contributed by atoms with Crippen LogP contribution in [0.25, 0.3) is 0 Å². The number of aliphatic carboxylic acids is 1. The minimum atomic E-state index is -0.853. The van der Waals surface area contributed by atoms with Crippen LogP contribution < -0.4 is 86.3 Å². The van der Waals surface area contributed by atoms with E-state index in [1.54, 1.807) is 0 Å². The molecule has 0 radical (unpaired) electrons. The second-order valence-electron chi connectivity index (χ2n) is 2.11. The maximum atomic E-state index is 10.1. The first-order chi connectivity index (χ1) is 5.29. The molecule has 0 unspecified atom stereocenters. The molecule has 0 spiro atoms. The SMILES string of the molecule is O=C(O)CNc1ccccc1.[H-].[H-].[K+].[Na+]. The number of hydrogen-bond acceptors (Lipinski definition) is 2. The molecule has 0 aliphatic heterocycles. The summed E-state index contributed by atoms with van der Waals surface area (Å²) in [4.78, 5) is 10.1. The topological polar surface area (TPSA) is 49.3 Å². The standard InChI is InChI=1S/C8H9NO2.K.Na.2H/c10-8(11)6-9-7-4-2-1-3-5-7;;;;/h1-5,9H,6H2,(H,10,11);;;;/q;2*+1;2*-1. The van der Waals surface area contributed by atoms with Crippen molar-refractivity contribution in [3.63, 3.8) is 0 Å². The molecule has 0 saturated heterocycles. The Hall–Kier alpha value is 1.13. The molecular weight excluding hydrogens is 204 g/mol. The van der Waals surface area contributed by atoms with Crippen LogP contribution in [0.3, 0.4) is 0 Å². The maximum Gasteiger partial charge on any atom is 1.00 e. The van der Waals surface area contributed by atoms with Gasteiger partial charge in [-0.1, -0.05) is 18.2 Å². The third-order valence-corrected chi connectivity index (χ3v) is 1.22. The minimum absolute atomic E-state index is 0. The van der Waals surface area contributed by atoms with Crippen LogP contribution in [0.2, 0.25) is 0 Å². The fraction of sp³-hybridized carbons (Fsp3) is 0.125. The molecule has 0 bridgehead atoms. The van der Waals surface area contributed by atoms with Crippen molar-refractivity contribution in [1.82, 2.24) is 0 Å². The predicted octanol–water partition coefficient (Wildman–Crippen LogP) is -4.58. The molecule has 0 atom stereocenters. The van der Waals surface area contributed by atoms with E-state index in [0.717, 1.165) is 5.69 Å². The monoisotopic (exact) mass is 215 g/mol. The van der Waals surface area contributed by atoms with Gasteiger partial charge in [-0.25, -0.2) is 0 Å². The van der Waals surface area contributed by atoms with Crippen molar-refractivity contribution >= 4 is 11.7 Å². The van der Waals surface area contributed by atoms with Crippen molar-refractivity contribution in [2.24, 2.45) is 0 Å². The van der Waals surface area contributed by atoms with Crippen molar-refractivity contribution in [2.45, 2.75) is 0 Å². The Bertz CT molecular complexity index is 252. The van der Waals surface area contributed by atoms with Crippen molar-refractivity contribution in [2.75, 3.05) is 11.9 Å². The molecule has 13 heavy (non-hydrogen) atoms. The van der Waals surface area contributed by atoms with Gasteiger partial charge in [0.2, 0.25) is 0 Å². The van der Waals surface area contributed by atoms with Gasteiger partial charge in [0.05, 0.1) is 0 Å². The van der Waals surface area contributed by atoms with Gasteiger partial charge < -0.3 is 13.3 Å². The Labute approximate surface area is 145 Å². The van der Waals surface area contributed by atoms with Crippen LogP contribution in [0.15, 0.2) is 30.3 Å². The maximum absolute atomic E-state index is 10.1. The second-order valence-corrected chi connectivity index (χ2v) is 2.11. The Kier molecular flexibility index (Phi) is 12.3. The molecule has 1 aromatic carbocycles. The summed E-state index contributed by atoms with van der Waals surface area (Å²) < 4.78 is 0. The van der Waals surface area contributed by atoms with E-state index in [0.29, 0.717) is 0 Å². The summed E-state index contributed by atoms with van der Waals surface area (Å²) in [5, 5.41) is 11.1. The predicted molar refractivity (Wildman–Crippen MR) is 44.8 cm³/mol. The summed E-state index contributed by atoms with van der Waals surface area (Å²) in [6, 6.07) is 9.23. The Morgan fingerprint density at radius 2 is 1.92 bits per heavy atom. The first kappa shape index (κ1) is 16.6. The molecule has 0 fully saturated rings. The number of nitrogens with one attached hydrogen (secondary N) is 1. The molecule has 3 nitrogen and oxygen atoms in total. The van der Waals surface area contributed by atoms with Crippen LogP contribution in [0.1, 0.15) is 2.85 Å². The fourth-order valence-electron chi connectivity index (χ4n) is 0.734. The Morgan fingerprint density at radius 3 is 2.38 bits per heavy atom. The summed E-state index contributed by atoms with van der Waals surface area (Å²) in [6.45, 7) is -0.0377. The van der Waals surface area contributed by atoms with Crippen molar-refractivity contribution in [3.8, 4) is 0 Å². The quantitative estimate of drug-likeness (QED) is 0.499. The number of benzene rings is 1. The molecular formula is C8H11KNNaO2. The van der Waals surface area contributed by atoms with Gasteiger partial charge in [0, 0.05) is 5.69 Å². The molecule has 0 aliphatic rings. The van der Waals surface area contributed by atoms with Gasteiger partial charge in [-0.15, -0.1) is 0 Å². The van der Waals surface area contributed by atoms with Gasteiger partial charge in [-0.05, 0) is 12.1 Å². The smallest absolute Gasteiger partial charge is 1.00 e. The van der Waals surface area contributed by atoms with Crippen LogP contribution in [-0.2, 0) is 4.79 Å². The molecule has 0 saturated carbocycles. The molecule has 0 aromatic heterocycles. The number of para-hydroxylation sites is 1. The number of carboxylic acid groups (broad SMARTS) is 1. The van der Waals surface area contributed by atoms with Gasteiger partial charge in [-0.3, -0.25) is 4.79 Å². The van der Waals surface area contributed by atoms with Gasteiger partial charge in [-0.2, -0.15) is 0 Å². The van der Waals surface area contributed by atoms with E-state index in [4.69, 9.17) is 5.11 Å². The number of anilines is 1. The average molecular weight is 215 g/mol. The van der Waals surface area contributed by atoms with Crippen LogP contribution in [0, 0.1) is 0 Å². The zero-order valence-electron chi connectivity index (χ0n) is 9.95. The third kappa shape index (κ3) is 8.14. The number of hydrogen-bond donors (Lipinski definition) is 2. The van der Waals surface area contributed by atoms with Gasteiger partial charge >= 0.3 is 86.9 Å². The fourth-order valence-corrected chi connectivity index (χ4v) is 0.734. The van der Waals surface area contributed by atoms with E-state index in [1.807, 2.05) is 30.3 Å². The largest absolute Gasteiger partial charge is 1.00 e. The second kappa shape index (κ2) is 9.67. The van der Waals surface area contributed by atoms with E-state index in [2.05, 4.69) is 5.32 Å². The first-order valence-electron chi connectivity index (χ1n) is 3.30. The van der Waals surface area contributed by atoms with E-state index in [9.17, 15) is 4.79 Å². The van der Waals surface area contributed by atoms with Crippen molar-refractivity contribution < 1.29 is 93.7 Å². The summed E-state index contributed by atoms with van der Waals surface area (Å²) in [5.41, 5.74) is 0.829. The third-order valence-electron chi connectivity index (χ3n) is 1.22. The van der Waals surface area contributed by atoms with Gasteiger partial charge in [0.15, 0.2) is 0 Å². The molecule has 0 aliphatic carbocycles. The minimum Gasteiger partial charge on any atom is -1.00 e. The molecule has 1 aromatic rings. The number of rotatable bonds is 3. The van der Waals surface area contributed by atoms with Crippen molar-refractivity contribution in [1.29, 1.82) is 0 Å². The van der Waals surface area contributed by atoms with Gasteiger partial charge in [0.1, 0.15) is 6.54 Å². The summed E-state index contributed by atoms with van der Waals surface area (Å²) in [6.07, 6.45) is 0. The Balaban J connectivity index is -0.000000151. The van der Waals surface area contributed by atoms with Crippen LogP contribution >= 0.6 is 0 Å². The Morgan fingerprint density at radius 1 is 1.38 bits per heavy atom. The molecule has 0 amide bonds. The van der Waals surface area contributed by atoms with Crippen molar-refractivity contribution in [3.05, 3.63) is 30.3 Å². The summed E-state index contributed by atoms with van der Waals surface area (Å²) in [5.74, 6) is -0.853. The summed E-state index contributed by atoms with van der Waals surface area (Å²) in [7, 11) is 0. The normalized spacial score (nSPS) is 7.69. The van der Waals surface area contributed by atoms with E-state index >= 15 is 0 Å². The van der Waals surface area contributed by atoms with E-state index < -0.39 is 5.97 Å². The summed E-state index contributed by atoms with van der Waals surface area (Å²) >= 11 is 0. The van der Waals surface area contributed by atoms with Crippen LogP contribution in [-0.4, -0.2) is 17.6 Å². The average Bonchev–Trinajstić information content (AvgIpc) is 2.03. The zero-order chi connectivity index (χ0) is 8.10. The number of carbonyl (C=O) groups is 1. The first-order valence-corrected chi connectivity index (χ1v) is 3.30. The van der Waals surface area contributed by atoms with E-state index in [1.165, 1.54) is 0 Å². The molecule has 5 heteroatoms. The zero-order valence-corrected chi connectivity index (χ0v) is 13.1. The molecule has 0 heterocycles. The van der Waals surface area contributed by atoms with Gasteiger partial charge in [0.25, 0.3) is 0 Å². The van der Waals surface area contributed by atoms with Crippen LogP contribution in [0.5, 0.6) is 0 Å². The van der Waals surface area contributed by atoms with E-state index in [-0.39, 0.29) is 90.3 Å². The molecule has 1 rings (SSSR count).